The molecule has 0 N–H and O–H groups in total. The number of rotatable bonds is 4. The van der Waals surface area contributed by atoms with Crippen molar-refractivity contribution in [2.24, 2.45) is 0 Å². The summed E-state index contributed by atoms with van der Waals surface area (Å²) >= 11 is 3.35. The zero-order chi connectivity index (χ0) is 10.6. The Bertz CT molecular complexity index is 255. The number of hydrogen-bond donors (Lipinski definition) is 0. The van der Waals surface area contributed by atoms with Gasteiger partial charge >= 0.3 is 0 Å². The van der Waals surface area contributed by atoms with Gasteiger partial charge in [-0.1, -0.05) is 0 Å². The molecule has 1 aromatic rings. The van der Waals surface area contributed by atoms with Crippen LogP contribution in [0.25, 0.3) is 0 Å². The third-order valence-corrected chi connectivity index (χ3v) is 3.41. The van der Waals surface area contributed by atoms with Gasteiger partial charge in [0.25, 0.3) is 0 Å². The molecule has 4 heteroatoms. The van der Waals surface area contributed by atoms with E-state index >= 15 is 0 Å². The third kappa shape index (κ3) is 2.30. The monoisotopic (exact) mass is 230 g/mol. The number of hydrogen-bond acceptors (Lipinski definition) is 4. The summed E-state index contributed by atoms with van der Waals surface area (Å²) in [5.41, 5.74) is 0. The van der Waals surface area contributed by atoms with Gasteiger partial charge in [-0.15, -0.1) is 23.5 Å². The van der Waals surface area contributed by atoms with Crippen LogP contribution in [0.2, 0.25) is 0 Å². The van der Waals surface area contributed by atoms with Crippen LogP contribution in [0, 0.1) is 0 Å². The van der Waals surface area contributed by atoms with Gasteiger partial charge in [0.2, 0.25) is 0 Å². The molecule has 1 rings (SSSR count). The molecule has 0 aliphatic heterocycles. The number of benzene rings is 1. The van der Waals surface area contributed by atoms with Gasteiger partial charge in [-0.2, -0.15) is 0 Å². The highest BCUT2D eigenvalue weighted by Crippen LogP contribution is 2.38. The first-order valence-corrected chi connectivity index (χ1v) is 6.55. The van der Waals surface area contributed by atoms with E-state index in [0.29, 0.717) is 0 Å². The molecule has 14 heavy (non-hydrogen) atoms. The lowest BCUT2D eigenvalue weighted by Gasteiger charge is -2.11. The van der Waals surface area contributed by atoms with Crippen molar-refractivity contribution >= 4 is 23.5 Å². The van der Waals surface area contributed by atoms with Crippen LogP contribution in [0.5, 0.6) is 11.5 Å². The molecule has 0 aromatic heterocycles. The lowest BCUT2D eigenvalue weighted by Crippen LogP contribution is -1.91. The summed E-state index contributed by atoms with van der Waals surface area (Å²) in [5.74, 6) is 1.74. The van der Waals surface area contributed by atoms with Crippen LogP contribution in [0.3, 0.4) is 0 Å². The molecule has 0 saturated heterocycles. The first-order valence-electron chi connectivity index (χ1n) is 4.10. The molecule has 0 fully saturated rings. The zero-order valence-corrected chi connectivity index (χ0v) is 10.4. The van der Waals surface area contributed by atoms with Crippen LogP contribution in [0.1, 0.15) is 0 Å². The quantitative estimate of drug-likeness (QED) is 0.739. The second-order valence-electron chi connectivity index (χ2n) is 2.56. The predicted octanol–water partition coefficient (Wildman–Crippen LogP) is 3.15. The van der Waals surface area contributed by atoms with Crippen molar-refractivity contribution in [3.63, 3.8) is 0 Å². The maximum atomic E-state index is 5.27. The number of thioether (sulfide) groups is 2. The summed E-state index contributed by atoms with van der Waals surface area (Å²) in [6.07, 6.45) is 4.07. The van der Waals surface area contributed by atoms with Crippen molar-refractivity contribution in [3.8, 4) is 11.5 Å². The largest absolute Gasteiger partial charge is 0.495 e. The number of ether oxygens (including phenoxy) is 2. The van der Waals surface area contributed by atoms with Crippen LogP contribution in [-0.2, 0) is 0 Å². The van der Waals surface area contributed by atoms with Crippen LogP contribution >= 0.6 is 23.5 Å². The Morgan fingerprint density at radius 1 is 0.857 bits per heavy atom. The molecule has 0 atom stereocenters. The van der Waals surface area contributed by atoms with Gasteiger partial charge in [-0.25, -0.2) is 0 Å². The fourth-order valence-corrected chi connectivity index (χ4v) is 2.39. The van der Waals surface area contributed by atoms with Crippen molar-refractivity contribution in [3.05, 3.63) is 12.1 Å². The highest BCUT2D eigenvalue weighted by Gasteiger charge is 2.09. The highest BCUT2D eigenvalue weighted by atomic mass is 32.2. The van der Waals surface area contributed by atoms with Gasteiger partial charge in [0.05, 0.1) is 24.0 Å². The standard InChI is InChI=1S/C10H14O2S2/c1-11-7-5-8(12-2)10(14-4)6-9(7)13-3/h5-6H,1-4H3. The maximum Gasteiger partial charge on any atom is 0.136 e. The molecular formula is C10H14O2S2. The van der Waals surface area contributed by atoms with E-state index in [1.165, 1.54) is 0 Å². The fourth-order valence-electron chi connectivity index (χ4n) is 1.16. The summed E-state index contributed by atoms with van der Waals surface area (Å²) in [6, 6.07) is 4.02. The fraction of sp³-hybridized carbons (Fsp3) is 0.400. The highest BCUT2D eigenvalue weighted by molar-refractivity contribution is 7.99. The first-order chi connectivity index (χ1) is 6.76. The van der Waals surface area contributed by atoms with E-state index in [1.807, 2.05) is 18.6 Å². The van der Waals surface area contributed by atoms with E-state index < -0.39 is 0 Å². The molecule has 0 radical (unpaired) electrons. The zero-order valence-electron chi connectivity index (χ0n) is 8.79. The Morgan fingerprint density at radius 2 is 1.29 bits per heavy atom. The average molecular weight is 230 g/mol. The summed E-state index contributed by atoms with van der Waals surface area (Å²) < 4.78 is 10.5. The van der Waals surface area contributed by atoms with Crippen molar-refractivity contribution in [1.29, 1.82) is 0 Å². The first kappa shape index (κ1) is 11.6. The molecule has 2 nitrogen and oxygen atoms in total. The topological polar surface area (TPSA) is 18.5 Å². The Hall–Kier alpha value is -0.480. The van der Waals surface area contributed by atoms with Gasteiger partial charge in [0, 0.05) is 6.07 Å². The lowest BCUT2D eigenvalue weighted by molar-refractivity contribution is 0.381. The molecular weight excluding hydrogens is 216 g/mol. The normalized spacial score (nSPS) is 10.0. The average Bonchev–Trinajstić information content (AvgIpc) is 2.26. The summed E-state index contributed by atoms with van der Waals surface area (Å²) in [5, 5.41) is 0. The molecule has 0 spiro atoms. The van der Waals surface area contributed by atoms with Crippen LogP contribution in [0.15, 0.2) is 21.9 Å². The smallest absolute Gasteiger partial charge is 0.136 e. The van der Waals surface area contributed by atoms with Crippen molar-refractivity contribution in [1.82, 2.24) is 0 Å². The minimum Gasteiger partial charge on any atom is -0.495 e. The number of methoxy groups -OCH3 is 2. The van der Waals surface area contributed by atoms with Gasteiger partial charge in [0.15, 0.2) is 0 Å². The van der Waals surface area contributed by atoms with Gasteiger partial charge in [-0.3, -0.25) is 0 Å². The van der Waals surface area contributed by atoms with E-state index in [4.69, 9.17) is 9.47 Å². The molecule has 0 unspecified atom stereocenters. The van der Waals surface area contributed by atoms with Crippen LogP contribution < -0.4 is 9.47 Å². The molecule has 0 saturated carbocycles. The second-order valence-corrected chi connectivity index (χ2v) is 4.26. The van der Waals surface area contributed by atoms with Gasteiger partial charge < -0.3 is 9.47 Å². The second kappa shape index (κ2) is 5.41. The van der Waals surface area contributed by atoms with E-state index in [9.17, 15) is 0 Å². The van der Waals surface area contributed by atoms with Gasteiger partial charge in [-0.05, 0) is 18.6 Å². The Balaban J connectivity index is 3.20. The predicted molar refractivity (Wildman–Crippen MR) is 63.1 cm³/mol. The Kier molecular flexibility index (Phi) is 4.48. The third-order valence-electron chi connectivity index (χ3n) is 1.89. The molecule has 0 aliphatic carbocycles. The van der Waals surface area contributed by atoms with E-state index in [2.05, 4.69) is 6.07 Å². The summed E-state index contributed by atoms with van der Waals surface area (Å²) in [4.78, 5) is 2.27. The van der Waals surface area contributed by atoms with Crippen molar-refractivity contribution in [2.45, 2.75) is 9.79 Å². The minimum atomic E-state index is 0.868. The molecule has 0 heterocycles. The van der Waals surface area contributed by atoms with E-state index in [-0.39, 0.29) is 0 Å². The molecule has 1 aromatic carbocycles. The minimum absolute atomic E-state index is 0.868. The van der Waals surface area contributed by atoms with Crippen LogP contribution in [0.4, 0.5) is 0 Å². The lowest BCUT2D eigenvalue weighted by atomic mass is 10.3. The molecule has 78 valence electrons. The summed E-state index contributed by atoms with van der Waals surface area (Å²) in [7, 11) is 3.35. The van der Waals surface area contributed by atoms with Crippen LogP contribution in [-0.4, -0.2) is 26.7 Å². The molecule has 0 aliphatic rings. The molecule has 0 amide bonds. The maximum absolute atomic E-state index is 5.27. The van der Waals surface area contributed by atoms with Gasteiger partial charge in [0.1, 0.15) is 11.5 Å². The van der Waals surface area contributed by atoms with Crippen molar-refractivity contribution in [2.75, 3.05) is 26.7 Å². The SMILES string of the molecule is COc1cc(OC)c(SC)cc1SC. The molecule has 0 bridgehead atoms. The summed E-state index contributed by atoms with van der Waals surface area (Å²) in [6.45, 7) is 0. The van der Waals surface area contributed by atoms with E-state index in [1.54, 1.807) is 37.7 Å². The van der Waals surface area contributed by atoms with E-state index in [0.717, 1.165) is 21.3 Å². The van der Waals surface area contributed by atoms with Crippen molar-refractivity contribution < 1.29 is 9.47 Å². The Labute approximate surface area is 93.4 Å². The Morgan fingerprint density at radius 3 is 1.57 bits per heavy atom.